The van der Waals surface area contributed by atoms with Gasteiger partial charge in [-0.3, -0.25) is 9.48 Å². The lowest BCUT2D eigenvalue weighted by Gasteiger charge is -2.26. The minimum absolute atomic E-state index is 0.113. The molecule has 2 heterocycles. The smallest absolute Gasteiger partial charge is 0.271 e. The first-order valence-electron chi connectivity index (χ1n) is 8.58. The van der Waals surface area contributed by atoms with Crippen molar-refractivity contribution in [3.63, 3.8) is 0 Å². The number of aliphatic hydroxyl groups excluding tert-OH is 1. The number of carbonyl (C=O) groups is 1. The third kappa shape index (κ3) is 4.12. The monoisotopic (exact) mass is 323 g/mol. The Kier molecular flexibility index (Phi) is 6.18. The Labute approximate surface area is 138 Å². The van der Waals surface area contributed by atoms with E-state index in [1.165, 1.54) is 0 Å². The molecule has 1 aliphatic rings. The van der Waals surface area contributed by atoms with Crippen molar-refractivity contribution in [1.29, 1.82) is 0 Å². The first kappa shape index (κ1) is 17.9. The normalized spacial score (nSPS) is 21.1. The number of nitrogens with zero attached hydrogens (tertiary/aromatic N) is 2. The summed E-state index contributed by atoms with van der Waals surface area (Å²) in [7, 11) is 0. The van der Waals surface area contributed by atoms with E-state index in [4.69, 9.17) is 4.74 Å². The van der Waals surface area contributed by atoms with Crippen LogP contribution in [-0.4, -0.2) is 47.2 Å². The third-order valence-corrected chi connectivity index (χ3v) is 4.89. The summed E-state index contributed by atoms with van der Waals surface area (Å²) >= 11 is 0. The SMILES string of the molecule is CCC(CC)n1nc(C(=O)NCC2(CCO)CCOC2)cc1C. The summed E-state index contributed by atoms with van der Waals surface area (Å²) in [5.74, 6) is -0.151. The molecule has 2 N–H and O–H groups in total. The second kappa shape index (κ2) is 7.93. The number of hydrogen-bond donors (Lipinski definition) is 2. The summed E-state index contributed by atoms with van der Waals surface area (Å²) in [6, 6.07) is 2.18. The summed E-state index contributed by atoms with van der Waals surface area (Å²) < 4.78 is 7.41. The van der Waals surface area contributed by atoms with Crippen LogP contribution in [0.4, 0.5) is 0 Å². The molecule has 1 aromatic heterocycles. The maximum absolute atomic E-state index is 12.4. The van der Waals surface area contributed by atoms with Gasteiger partial charge in [-0.05, 0) is 38.7 Å². The van der Waals surface area contributed by atoms with Crippen LogP contribution in [0.1, 0.15) is 61.8 Å². The van der Waals surface area contributed by atoms with Gasteiger partial charge in [-0.25, -0.2) is 0 Å². The summed E-state index contributed by atoms with van der Waals surface area (Å²) in [4.78, 5) is 12.4. The van der Waals surface area contributed by atoms with Crippen LogP contribution in [0.15, 0.2) is 6.07 Å². The van der Waals surface area contributed by atoms with Gasteiger partial charge in [0.1, 0.15) is 5.69 Å². The minimum atomic E-state index is -0.151. The molecule has 1 aliphatic heterocycles. The molecule has 0 bridgehead atoms. The van der Waals surface area contributed by atoms with Gasteiger partial charge in [0.25, 0.3) is 5.91 Å². The second-order valence-electron chi connectivity index (χ2n) is 6.54. The molecule has 1 amide bonds. The molecule has 0 radical (unpaired) electrons. The van der Waals surface area contributed by atoms with Crippen molar-refractivity contribution < 1.29 is 14.6 Å². The van der Waals surface area contributed by atoms with E-state index in [1.807, 2.05) is 17.7 Å². The molecule has 0 saturated carbocycles. The Morgan fingerprint density at radius 1 is 1.52 bits per heavy atom. The zero-order valence-electron chi connectivity index (χ0n) is 14.5. The quantitative estimate of drug-likeness (QED) is 0.768. The van der Waals surface area contributed by atoms with Crippen LogP contribution in [-0.2, 0) is 4.74 Å². The Hall–Kier alpha value is -1.40. The van der Waals surface area contributed by atoms with E-state index in [1.54, 1.807) is 0 Å². The molecule has 1 saturated heterocycles. The number of aryl methyl sites for hydroxylation is 1. The van der Waals surface area contributed by atoms with E-state index in [0.717, 1.165) is 25.0 Å². The van der Waals surface area contributed by atoms with Crippen molar-refractivity contribution in [2.75, 3.05) is 26.4 Å². The van der Waals surface area contributed by atoms with Crippen LogP contribution >= 0.6 is 0 Å². The number of rotatable bonds is 8. The lowest BCUT2D eigenvalue weighted by atomic mass is 9.84. The molecule has 130 valence electrons. The van der Waals surface area contributed by atoms with Crippen LogP contribution in [0.5, 0.6) is 0 Å². The van der Waals surface area contributed by atoms with Crippen LogP contribution in [0.2, 0.25) is 0 Å². The Bertz CT molecular complexity index is 517. The maximum Gasteiger partial charge on any atom is 0.271 e. The number of ether oxygens (including phenoxy) is 1. The van der Waals surface area contributed by atoms with Gasteiger partial charge in [-0.1, -0.05) is 13.8 Å². The highest BCUT2D eigenvalue weighted by Crippen LogP contribution is 2.31. The Morgan fingerprint density at radius 2 is 2.26 bits per heavy atom. The van der Waals surface area contributed by atoms with Crippen LogP contribution < -0.4 is 5.32 Å². The number of hydrogen-bond acceptors (Lipinski definition) is 4. The molecule has 0 aromatic carbocycles. The predicted octanol–water partition coefficient (Wildman–Crippen LogP) is 2.07. The summed E-state index contributed by atoms with van der Waals surface area (Å²) in [5.41, 5.74) is 1.34. The molecule has 6 nitrogen and oxygen atoms in total. The molecule has 1 fully saturated rings. The standard InChI is InChI=1S/C17H29N3O3/c1-4-14(5-2)20-13(3)10-15(19-20)16(22)18-11-17(6-8-21)7-9-23-12-17/h10,14,21H,4-9,11-12H2,1-3H3,(H,18,22). The van der Waals surface area contributed by atoms with Gasteiger partial charge in [0.15, 0.2) is 0 Å². The van der Waals surface area contributed by atoms with Crippen LogP contribution in [0.3, 0.4) is 0 Å². The fourth-order valence-electron chi connectivity index (χ4n) is 3.27. The van der Waals surface area contributed by atoms with Crippen LogP contribution in [0, 0.1) is 12.3 Å². The Morgan fingerprint density at radius 3 is 2.83 bits per heavy atom. The predicted molar refractivity (Wildman–Crippen MR) is 88.5 cm³/mol. The highest BCUT2D eigenvalue weighted by Gasteiger charge is 2.35. The van der Waals surface area contributed by atoms with Gasteiger partial charge in [0.05, 0.1) is 12.6 Å². The van der Waals surface area contributed by atoms with Gasteiger partial charge < -0.3 is 15.2 Å². The van der Waals surface area contributed by atoms with Crippen molar-refractivity contribution in [2.45, 2.75) is 52.5 Å². The highest BCUT2D eigenvalue weighted by molar-refractivity contribution is 5.92. The topological polar surface area (TPSA) is 76.4 Å². The van der Waals surface area contributed by atoms with E-state index >= 15 is 0 Å². The van der Waals surface area contributed by atoms with E-state index in [9.17, 15) is 9.90 Å². The van der Waals surface area contributed by atoms with Gasteiger partial charge in [-0.15, -0.1) is 0 Å². The molecule has 1 aromatic rings. The van der Waals surface area contributed by atoms with E-state index in [0.29, 0.717) is 37.9 Å². The van der Waals surface area contributed by atoms with E-state index in [2.05, 4.69) is 24.3 Å². The van der Waals surface area contributed by atoms with Crippen molar-refractivity contribution in [3.8, 4) is 0 Å². The molecule has 23 heavy (non-hydrogen) atoms. The molecular weight excluding hydrogens is 294 g/mol. The zero-order chi connectivity index (χ0) is 16.9. The lowest BCUT2D eigenvalue weighted by molar-refractivity contribution is 0.0883. The second-order valence-corrected chi connectivity index (χ2v) is 6.54. The van der Waals surface area contributed by atoms with Gasteiger partial charge >= 0.3 is 0 Å². The van der Waals surface area contributed by atoms with Crippen molar-refractivity contribution in [2.24, 2.45) is 5.41 Å². The number of carbonyl (C=O) groups excluding carboxylic acids is 1. The molecule has 1 atom stereocenters. The molecule has 2 rings (SSSR count). The van der Waals surface area contributed by atoms with E-state index < -0.39 is 0 Å². The fourth-order valence-corrected chi connectivity index (χ4v) is 3.27. The number of amides is 1. The minimum Gasteiger partial charge on any atom is -0.396 e. The number of nitrogens with one attached hydrogen (secondary N) is 1. The largest absolute Gasteiger partial charge is 0.396 e. The Balaban J connectivity index is 2.02. The van der Waals surface area contributed by atoms with Crippen molar-refractivity contribution in [3.05, 3.63) is 17.5 Å². The summed E-state index contributed by atoms with van der Waals surface area (Å²) in [6.07, 6.45) is 3.51. The molecule has 0 spiro atoms. The third-order valence-electron chi connectivity index (χ3n) is 4.89. The first-order chi connectivity index (χ1) is 11.0. The average molecular weight is 323 g/mol. The molecular formula is C17H29N3O3. The molecule has 1 unspecified atom stereocenters. The summed E-state index contributed by atoms with van der Waals surface area (Å²) in [5, 5.41) is 16.7. The maximum atomic E-state index is 12.4. The number of aliphatic hydroxyl groups is 1. The van der Waals surface area contributed by atoms with E-state index in [-0.39, 0.29) is 17.9 Å². The average Bonchev–Trinajstić information content (AvgIpc) is 3.15. The molecule has 6 heteroatoms. The molecule has 0 aliphatic carbocycles. The summed E-state index contributed by atoms with van der Waals surface area (Å²) in [6.45, 7) is 8.17. The van der Waals surface area contributed by atoms with Gasteiger partial charge in [-0.2, -0.15) is 5.10 Å². The number of aromatic nitrogens is 2. The zero-order valence-corrected chi connectivity index (χ0v) is 14.5. The first-order valence-corrected chi connectivity index (χ1v) is 8.58. The van der Waals surface area contributed by atoms with Gasteiger partial charge in [0, 0.05) is 30.9 Å². The van der Waals surface area contributed by atoms with Crippen molar-refractivity contribution in [1.82, 2.24) is 15.1 Å². The van der Waals surface area contributed by atoms with Crippen molar-refractivity contribution >= 4 is 5.91 Å². The van der Waals surface area contributed by atoms with Crippen LogP contribution in [0.25, 0.3) is 0 Å². The fraction of sp³-hybridized carbons (Fsp3) is 0.765. The van der Waals surface area contributed by atoms with Gasteiger partial charge in [0.2, 0.25) is 0 Å². The highest BCUT2D eigenvalue weighted by atomic mass is 16.5. The lowest BCUT2D eigenvalue weighted by Crippen LogP contribution is -2.39.